The molecule has 5 nitrogen and oxygen atoms in total. The molecule has 0 fully saturated rings. The molecule has 102 valence electrons. The second-order valence-corrected chi connectivity index (χ2v) is 5.73. The van der Waals surface area contributed by atoms with E-state index in [4.69, 9.17) is 10.3 Å². The van der Waals surface area contributed by atoms with Gasteiger partial charge in [-0.15, -0.1) is 0 Å². The number of anilines is 1. The number of hydrogen-bond donors (Lipinski definition) is 3. The summed E-state index contributed by atoms with van der Waals surface area (Å²) in [6.07, 6.45) is 2.02. The molecule has 18 heavy (non-hydrogen) atoms. The van der Waals surface area contributed by atoms with Crippen molar-refractivity contribution in [1.82, 2.24) is 0 Å². The number of unbranched alkanes of at least 4 members (excludes halogenated alkanes) is 1. The minimum atomic E-state index is -3.82. The van der Waals surface area contributed by atoms with E-state index in [0.29, 0.717) is 25.9 Å². The van der Waals surface area contributed by atoms with Crippen molar-refractivity contribution in [2.24, 2.45) is 5.73 Å². The number of rotatable bonds is 8. The predicted molar refractivity (Wildman–Crippen MR) is 73.3 cm³/mol. The Morgan fingerprint density at radius 3 is 2.39 bits per heavy atom. The second kappa shape index (κ2) is 7.35. The maximum absolute atomic E-state index is 10.5. The summed E-state index contributed by atoms with van der Waals surface area (Å²) in [5.41, 5.74) is 7.67. The first kappa shape index (κ1) is 14.9. The van der Waals surface area contributed by atoms with E-state index in [2.05, 4.69) is 5.32 Å². The van der Waals surface area contributed by atoms with Gasteiger partial charge in [-0.3, -0.25) is 4.55 Å². The lowest BCUT2D eigenvalue weighted by Gasteiger charge is -2.07. The number of nitrogens with two attached hydrogens (primary N) is 1. The highest BCUT2D eigenvalue weighted by Gasteiger charge is 2.02. The van der Waals surface area contributed by atoms with E-state index in [1.54, 1.807) is 0 Å². The van der Waals surface area contributed by atoms with E-state index in [1.807, 2.05) is 24.3 Å². The van der Waals surface area contributed by atoms with Gasteiger partial charge in [0.2, 0.25) is 0 Å². The molecule has 1 aromatic rings. The van der Waals surface area contributed by atoms with Gasteiger partial charge in [-0.05, 0) is 43.5 Å². The van der Waals surface area contributed by atoms with Gasteiger partial charge in [0.25, 0.3) is 10.1 Å². The molecule has 0 aliphatic rings. The molecule has 0 radical (unpaired) electrons. The Morgan fingerprint density at radius 2 is 1.83 bits per heavy atom. The van der Waals surface area contributed by atoms with Crippen LogP contribution < -0.4 is 11.1 Å². The first-order valence-corrected chi connectivity index (χ1v) is 7.60. The van der Waals surface area contributed by atoms with Crippen molar-refractivity contribution >= 4 is 15.8 Å². The van der Waals surface area contributed by atoms with Crippen molar-refractivity contribution in [3.63, 3.8) is 0 Å². The molecule has 0 aliphatic carbocycles. The zero-order chi connectivity index (χ0) is 13.4. The zero-order valence-corrected chi connectivity index (χ0v) is 11.1. The molecule has 0 atom stereocenters. The van der Waals surface area contributed by atoms with Gasteiger partial charge in [0, 0.05) is 12.2 Å². The largest absolute Gasteiger partial charge is 0.385 e. The maximum Gasteiger partial charge on any atom is 0.264 e. The Labute approximate surface area is 108 Å². The summed E-state index contributed by atoms with van der Waals surface area (Å²) in [6, 6.07) is 8.00. The highest BCUT2D eigenvalue weighted by Crippen LogP contribution is 2.10. The van der Waals surface area contributed by atoms with E-state index in [9.17, 15) is 8.42 Å². The Balaban J connectivity index is 2.23. The minimum Gasteiger partial charge on any atom is -0.385 e. The molecule has 6 heteroatoms. The molecule has 0 heterocycles. The Hall–Kier alpha value is -1.11. The summed E-state index contributed by atoms with van der Waals surface area (Å²) in [6.45, 7) is 1.33. The van der Waals surface area contributed by atoms with Crippen LogP contribution in [0.5, 0.6) is 0 Å². The van der Waals surface area contributed by atoms with Gasteiger partial charge >= 0.3 is 0 Å². The van der Waals surface area contributed by atoms with E-state index < -0.39 is 10.1 Å². The van der Waals surface area contributed by atoms with E-state index in [-0.39, 0.29) is 5.75 Å². The standard InChI is InChI=1S/C12H20N2O3S/c13-8-7-11-3-5-12(6-4-11)14-9-1-2-10-18(15,16)17/h3-6,14H,1-2,7-10,13H2,(H,15,16,17). The highest BCUT2D eigenvalue weighted by atomic mass is 32.2. The van der Waals surface area contributed by atoms with E-state index >= 15 is 0 Å². The third-order valence-corrected chi connectivity index (χ3v) is 3.35. The molecular weight excluding hydrogens is 252 g/mol. The third kappa shape index (κ3) is 6.58. The average Bonchev–Trinajstić information content (AvgIpc) is 2.30. The minimum absolute atomic E-state index is 0.176. The molecule has 0 bridgehead atoms. The van der Waals surface area contributed by atoms with Gasteiger partial charge in [-0.1, -0.05) is 12.1 Å². The van der Waals surface area contributed by atoms with Crippen molar-refractivity contribution < 1.29 is 13.0 Å². The summed E-state index contributed by atoms with van der Waals surface area (Å²) in [5, 5.41) is 3.19. The van der Waals surface area contributed by atoms with Crippen LogP contribution in [0.25, 0.3) is 0 Å². The van der Waals surface area contributed by atoms with Gasteiger partial charge in [0.1, 0.15) is 0 Å². The molecule has 0 saturated heterocycles. The summed E-state index contributed by atoms with van der Waals surface area (Å²) >= 11 is 0. The van der Waals surface area contributed by atoms with Crippen molar-refractivity contribution in [3.05, 3.63) is 29.8 Å². The molecule has 0 amide bonds. The van der Waals surface area contributed by atoms with Crippen molar-refractivity contribution in [2.75, 3.05) is 24.2 Å². The van der Waals surface area contributed by atoms with Crippen LogP contribution in [0.15, 0.2) is 24.3 Å². The number of hydrogen-bond acceptors (Lipinski definition) is 4. The topological polar surface area (TPSA) is 92.4 Å². The molecule has 1 aromatic carbocycles. The van der Waals surface area contributed by atoms with Gasteiger partial charge in [0.15, 0.2) is 0 Å². The SMILES string of the molecule is NCCc1ccc(NCCCCS(=O)(=O)O)cc1. The summed E-state index contributed by atoms with van der Waals surface area (Å²) in [7, 11) is -3.82. The average molecular weight is 272 g/mol. The van der Waals surface area contributed by atoms with Crippen LogP contribution in [0.2, 0.25) is 0 Å². The van der Waals surface area contributed by atoms with Gasteiger partial charge in [-0.25, -0.2) is 0 Å². The lowest BCUT2D eigenvalue weighted by molar-refractivity contribution is 0.480. The molecular formula is C12H20N2O3S. The summed E-state index contributed by atoms with van der Waals surface area (Å²) < 4.78 is 29.5. The van der Waals surface area contributed by atoms with Gasteiger partial charge < -0.3 is 11.1 Å². The number of nitrogens with one attached hydrogen (secondary N) is 1. The first-order valence-electron chi connectivity index (χ1n) is 5.99. The Morgan fingerprint density at radius 1 is 1.17 bits per heavy atom. The number of benzene rings is 1. The second-order valence-electron chi connectivity index (χ2n) is 4.16. The fraction of sp³-hybridized carbons (Fsp3) is 0.500. The van der Waals surface area contributed by atoms with E-state index in [1.165, 1.54) is 5.56 Å². The Bertz CT molecular complexity index is 443. The van der Waals surface area contributed by atoms with Crippen LogP contribution in [-0.2, 0) is 16.5 Å². The van der Waals surface area contributed by atoms with Crippen LogP contribution in [0.1, 0.15) is 18.4 Å². The molecule has 0 spiro atoms. The monoisotopic (exact) mass is 272 g/mol. The fourth-order valence-corrected chi connectivity index (χ4v) is 2.17. The predicted octanol–water partition coefficient (Wildman–Crippen LogP) is 1.27. The van der Waals surface area contributed by atoms with Crippen LogP contribution in [0.4, 0.5) is 5.69 Å². The van der Waals surface area contributed by atoms with Gasteiger partial charge in [0.05, 0.1) is 5.75 Å². The van der Waals surface area contributed by atoms with E-state index in [0.717, 1.165) is 12.1 Å². The molecule has 0 saturated carbocycles. The van der Waals surface area contributed by atoms with Gasteiger partial charge in [-0.2, -0.15) is 8.42 Å². The Kier molecular flexibility index (Phi) is 6.11. The van der Waals surface area contributed by atoms with Crippen molar-refractivity contribution in [1.29, 1.82) is 0 Å². The molecule has 4 N–H and O–H groups in total. The van der Waals surface area contributed by atoms with Crippen LogP contribution in [-0.4, -0.2) is 31.8 Å². The summed E-state index contributed by atoms with van der Waals surface area (Å²) in [5.74, 6) is -0.176. The fourth-order valence-electron chi connectivity index (χ4n) is 1.60. The molecule has 0 aromatic heterocycles. The maximum atomic E-state index is 10.5. The quantitative estimate of drug-likeness (QED) is 0.489. The highest BCUT2D eigenvalue weighted by molar-refractivity contribution is 7.85. The molecule has 0 aliphatic heterocycles. The van der Waals surface area contributed by atoms with Crippen LogP contribution >= 0.6 is 0 Å². The summed E-state index contributed by atoms with van der Waals surface area (Å²) in [4.78, 5) is 0. The lowest BCUT2D eigenvalue weighted by atomic mass is 10.1. The van der Waals surface area contributed by atoms with Crippen molar-refractivity contribution in [2.45, 2.75) is 19.3 Å². The van der Waals surface area contributed by atoms with Crippen molar-refractivity contribution in [3.8, 4) is 0 Å². The molecule has 1 rings (SSSR count). The smallest absolute Gasteiger partial charge is 0.264 e. The molecule has 0 unspecified atom stereocenters. The first-order chi connectivity index (χ1) is 8.51. The third-order valence-electron chi connectivity index (χ3n) is 2.55. The lowest BCUT2D eigenvalue weighted by Crippen LogP contribution is -2.07. The normalized spacial score (nSPS) is 11.4. The zero-order valence-electron chi connectivity index (χ0n) is 10.3. The van der Waals surface area contributed by atoms with Crippen LogP contribution in [0, 0.1) is 0 Å². The van der Waals surface area contributed by atoms with Crippen LogP contribution in [0.3, 0.4) is 0 Å².